The van der Waals surface area contributed by atoms with Crippen LogP contribution in [-0.4, -0.2) is 49.1 Å². The standard InChI is InChI=1S/C17H27N7/c1-13(2)24-12-14(9-19-24)11-22-6-3-15(4-7-22)17-21-20-16-10-18-5-8-23(16)17/h9,12-13,15,18H,3-8,10-11H2,1-2H3. The SMILES string of the molecule is CC(C)n1cc(CN2CCC(c3nnc4n3CCNC4)CC2)cn1. The average molecular weight is 329 g/mol. The summed E-state index contributed by atoms with van der Waals surface area (Å²) in [5, 5.41) is 16.7. The minimum atomic E-state index is 0.429. The highest BCUT2D eigenvalue weighted by Crippen LogP contribution is 2.28. The number of hydrogen-bond donors (Lipinski definition) is 1. The van der Waals surface area contributed by atoms with E-state index in [2.05, 4.69) is 50.1 Å². The Hall–Kier alpha value is -1.73. The lowest BCUT2D eigenvalue weighted by Gasteiger charge is -2.31. The van der Waals surface area contributed by atoms with Crippen molar-refractivity contribution in [2.75, 3.05) is 19.6 Å². The fraction of sp³-hybridized carbons (Fsp3) is 0.706. The van der Waals surface area contributed by atoms with Crippen LogP contribution in [0.3, 0.4) is 0 Å². The molecule has 1 saturated heterocycles. The maximum Gasteiger partial charge on any atom is 0.147 e. The van der Waals surface area contributed by atoms with E-state index >= 15 is 0 Å². The summed E-state index contributed by atoms with van der Waals surface area (Å²) in [6.45, 7) is 10.5. The molecule has 0 unspecified atom stereocenters. The van der Waals surface area contributed by atoms with Gasteiger partial charge in [0.15, 0.2) is 0 Å². The van der Waals surface area contributed by atoms with E-state index in [0.717, 1.165) is 45.1 Å². The molecule has 0 spiro atoms. The zero-order valence-corrected chi connectivity index (χ0v) is 14.6. The largest absolute Gasteiger partial charge is 0.312 e. The predicted molar refractivity (Wildman–Crippen MR) is 91.6 cm³/mol. The van der Waals surface area contributed by atoms with Crippen molar-refractivity contribution in [3.63, 3.8) is 0 Å². The number of nitrogens with zero attached hydrogens (tertiary/aromatic N) is 6. The first-order valence-electron chi connectivity index (χ1n) is 9.09. The zero-order chi connectivity index (χ0) is 16.5. The molecule has 0 amide bonds. The highest BCUT2D eigenvalue weighted by molar-refractivity contribution is 5.07. The van der Waals surface area contributed by atoms with E-state index in [4.69, 9.17) is 0 Å². The lowest BCUT2D eigenvalue weighted by atomic mass is 9.95. The van der Waals surface area contributed by atoms with Gasteiger partial charge in [0.2, 0.25) is 0 Å². The molecule has 0 atom stereocenters. The first-order valence-corrected chi connectivity index (χ1v) is 9.09. The first kappa shape index (κ1) is 15.8. The second-order valence-corrected chi connectivity index (χ2v) is 7.28. The molecule has 2 aromatic heterocycles. The Morgan fingerprint density at radius 1 is 1.21 bits per heavy atom. The van der Waals surface area contributed by atoms with E-state index in [-0.39, 0.29) is 0 Å². The second kappa shape index (κ2) is 6.64. The van der Waals surface area contributed by atoms with E-state index in [9.17, 15) is 0 Å². The van der Waals surface area contributed by atoms with Crippen LogP contribution < -0.4 is 5.32 Å². The van der Waals surface area contributed by atoms with Gasteiger partial charge in [0.05, 0.1) is 12.7 Å². The molecule has 7 heteroatoms. The van der Waals surface area contributed by atoms with E-state index in [1.807, 2.05) is 10.9 Å². The quantitative estimate of drug-likeness (QED) is 0.922. The van der Waals surface area contributed by atoms with Crippen molar-refractivity contribution in [1.29, 1.82) is 0 Å². The first-order chi connectivity index (χ1) is 11.7. The van der Waals surface area contributed by atoms with E-state index in [1.54, 1.807) is 0 Å². The van der Waals surface area contributed by atoms with Gasteiger partial charge in [-0.25, -0.2) is 0 Å². The molecule has 1 fully saturated rings. The van der Waals surface area contributed by atoms with Gasteiger partial charge in [-0.3, -0.25) is 9.58 Å². The summed E-state index contributed by atoms with van der Waals surface area (Å²) in [6.07, 6.45) is 6.53. The third kappa shape index (κ3) is 3.10. The maximum atomic E-state index is 4.49. The van der Waals surface area contributed by atoms with Crippen LogP contribution in [0.25, 0.3) is 0 Å². The summed E-state index contributed by atoms with van der Waals surface area (Å²) >= 11 is 0. The van der Waals surface area contributed by atoms with Crippen LogP contribution in [0.5, 0.6) is 0 Å². The normalized spacial score (nSPS) is 19.8. The summed E-state index contributed by atoms with van der Waals surface area (Å²) in [5.41, 5.74) is 1.31. The molecule has 24 heavy (non-hydrogen) atoms. The fourth-order valence-electron chi connectivity index (χ4n) is 3.77. The summed E-state index contributed by atoms with van der Waals surface area (Å²) in [7, 11) is 0. The van der Waals surface area contributed by atoms with Crippen molar-refractivity contribution in [2.24, 2.45) is 0 Å². The van der Waals surface area contributed by atoms with Crippen molar-refractivity contribution in [3.05, 3.63) is 29.6 Å². The third-order valence-corrected chi connectivity index (χ3v) is 5.19. The molecular formula is C17H27N7. The van der Waals surface area contributed by atoms with Crippen LogP contribution in [-0.2, 0) is 19.6 Å². The number of piperidine rings is 1. The molecule has 0 aliphatic carbocycles. The van der Waals surface area contributed by atoms with Gasteiger partial charge in [0.25, 0.3) is 0 Å². The van der Waals surface area contributed by atoms with Gasteiger partial charge in [-0.2, -0.15) is 5.10 Å². The Labute approximate surface area is 143 Å². The van der Waals surface area contributed by atoms with Gasteiger partial charge in [-0.15, -0.1) is 10.2 Å². The van der Waals surface area contributed by atoms with E-state index < -0.39 is 0 Å². The Balaban J connectivity index is 1.35. The van der Waals surface area contributed by atoms with Crippen LogP contribution in [0.15, 0.2) is 12.4 Å². The van der Waals surface area contributed by atoms with Gasteiger partial charge in [-0.05, 0) is 39.8 Å². The lowest BCUT2D eigenvalue weighted by molar-refractivity contribution is 0.199. The van der Waals surface area contributed by atoms with Gasteiger partial charge >= 0.3 is 0 Å². The smallest absolute Gasteiger partial charge is 0.147 e. The topological polar surface area (TPSA) is 63.8 Å². The molecule has 0 saturated carbocycles. The fourth-order valence-corrected chi connectivity index (χ4v) is 3.77. The van der Waals surface area contributed by atoms with Gasteiger partial charge in [0.1, 0.15) is 11.6 Å². The molecule has 2 aliphatic heterocycles. The number of hydrogen-bond acceptors (Lipinski definition) is 5. The molecule has 0 radical (unpaired) electrons. The average Bonchev–Trinajstić information content (AvgIpc) is 3.23. The van der Waals surface area contributed by atoms with Crippen LogP contribution in [0.2, 0.25) is 0 Å². The molecule has 0 bridgehead atoms. The molecular weight excluding hydrogens is 302 g/mol. The lowest BCUT2D eigenvalue weighted by Crippen LogP contribution is -2.34. The maximum absolute atomic E-state index is 4.49. The minimum Gasteiger partial charge on any atom is -0.312 e. The number of likely N-dealkylation sites (tertiary alicyclic amines) is 1. The van der Waals surface area contributed by atoms with Crippen molar-refractivity contribution >= 4 is 0 Å². The highest BCUT2D eigenvalue weighted by atomic mass is 15.3. The van der Waals surface area contributed by atoms with Crippen molar-refractivity contribution in [1.82, 2.24) is 34.8 Å². The molecule has 1 N–H and O–H groups in total. The highest BCUT2D eigenvalue weighted by Gasteiger charge is 2.27. The molecule has 130 valence electrons. The van der Waals surface area contributed by atoms with Crippen LogP contribution in [0.1, 0.15) is 55.9 Å². The van der Waals surface area contributed by atoms with Crippen LogP contribution in [0.4, 0.5) is 0 Å². The van der Waals surface area contributed by atoms with Crippen molar-refractivity contribution < 1.29 is 0 Å². The summed E-state index contributed by atoms with van der Waals surface area (Å²) in [5.74, 6) is 2.86. The number of nitrogens with one attached hydrogen (secondary N) is 1. The van der Waals surface area contributed by atoms with Gasteiger partial charge in [-0.1, -0.05) is 0 Å². The van der Waals surface area contributed by atoms with Crippen molar-refractivity contribution in [3.8, 4) is 0 Å². The Bertz CT molecular complexity index is 679. The Morgan fingerprint density at radius 2 is 2.04 bits per heavy atom. The molecule has 0 aromatic carbocycles. The summed E-state index contributed by atoms with van der Waals surface area (Å²) in [6, 6.07) is 0.429. The van der Waals surface area contributed by atoms with Gasteiger partial charge in [0, 0.05) is 43.4 Å². The molecule has 2 aromatic rings. The number of aromatic nitrogens is 5. The molecule has 4 heterocycles. The van der Waals surface area contributed by atoms with E-state index in [1.165, 1.54) is 24.2 Å². The zero-order valence-electron chi connectivity index (χ0n) is 14.6. The third-order valence-electron chi connectivity index (χ3n) is 5.19. The van der Waals surface area contributed by atoms with Crippen LogP contribution >= 0.6 is 0 Å². The van der Waals surface area contributed by atoms with Crippen molar-refractivity contribution in [2.45, 2.75) is 58.3 Å². The predicted octanol–water partition coefficient (Wildman–Crippen LogP) is 1.54. The van der Waals surface area contributed by atoms with E-state index in [0.29, 0.717) is 12.0 Å². The summed E-state index contributed by atoms with van der Waals surface area (Å²) < 4.78 is 4.38. The number of rotatable bonds is 4. The van der Waals surface area contributed by atoms with Gasteiger partial charge < -0.3 is 9.88 Å². The summed E-state index contributed by atoms with van der Waals surface area (Å²) in [4.78, 5) is 2.53. The Kier molecular flexibility index (Phi) is 4.37. The minimum absolute atomic E-state index is 0.429. The number of fused-ring (bicyclic) bond motifs is 1. The molecule has 2 aliphatic rings. The second-order valence-electron chi connectivity index (χ2n) is 7.28. The molecule has 7 nitrogen and oxygen atoms in total. The van der Waals surface area contributed by atoms with Crippen LogP contribution in [0, 0.1) is 0 Å². The Morgan fingerprint density at radius 3 is 2.79 bits per heavy atom. The molecule has 4 rings (SSSR count). The monoisotopic (exact) mass is 329 g/mol.